The minimum absolute atomic E-state index is 0.0272. The van der Waals surface area contributed by atoms with Crippen molar-refractivity contribution in [3.8, 4) is 0 Å². The topological polar surface area (TPSA) is 46.6 Å². The number of nitrogens with zero attached hydrogens (tertiary/aromatic N) is 1. The molecule has 0 saturated heterocycles. The van der Waals surface area contributed by atoms with Crippen LogP contribution in [0.1, 0.15) is 13.8 Å². The Bertz CT molecular complexity index is 376. The highest BCUT2D eigenvalue weighted by Crippen LogP contribution is 2.14. The van der Waals surface area contributed by atoms with Gasteiger partial charge in [0.05, 0.1) is 0 Å². The van der Waals surface area contributed by atoms with Gasteiger partial charge in [0.1, 0.15) is 0 Å². The van der Waals surface area contributed by atoms with Gasteiger partial charge in [0.25, 0.3) is 0 Å². The monoisotopic (exact) mass is 235 g/mol. The molecule has 0 radical (unpaired) electrons. The maximum atomic E-state index is 11.8. The molecule has 4 heteroatoms. The SMILES string of the molecule is CC(C)C(C=O)OC(=O)N(C)c1ccccc1. The van der Waals surface area contributed by atoms with Crippen LogP contribution in [0, 0.1) is 5.92 Å². The zero-order valence-corrected chi connectivity index (χ0v) is 10.3. The second kappa shape index (κ2) is 6.03. The van der Waals surface area contributed by atoms with Crippen LogP contribution >= 0.6 is 0 Å². The molecular formula is C13H17NO3. The van der Waals surface area contributed by atoms with Crippen molar-refractivity contribution >= 4 is 18.1 Å². The standard InChI is InChI=1S/C13H17NO3/c1-10(2)12(9-15)17-13(16)14(3)11-7-5-4-6-8-11/h4-10,12H,1-3H3. The third kappa shape index (κ3) is 3.59. The third-order valence-corrected chi connectivity index (χ3v) is 2.45. The van der Waals surface area contributed by atoms with Gasteiger partial charge in [0.2, 0.25) is 0 Å². The number of anilines is 1. The van der Waals surface area contributed by atoms with Gasteiger partial charge in [-0.05, 0) is 18.1 Å². The van der Waals surface area contributed by atoms with E-state index in [4.69, 9.17) is 4.74 Å². The Morgan fingerprint density at radius 2 is 1.88 bits per heavy atom. The van der Waals surface area contributed by atoms with E-state index < -0.39 is 12.2 Å². The van der Waals surface area contributed by atoms with Gasteiger partial charge in [-0.3, -0.25) is 9.69 Å². The Kier molecular flexibility index (Phi) is 4.69. The zero-order valence-electron chi connectivity index (χ0n) is 10.3. The lowest BCUT2D eigenvalue weighted by atomic mass is 10.1. The lowest BCUT2D eigenvalue weighted by Crippen LogP contribution is -2.33. The van der Waals surface area contributed by atoms with Crippen molar-refractivity contribution in [3.63, 3.8) is 0 Å². The molecule has 1 aromatic rings. The van der Waals surface area contributed by atoms with E-state index >= 15 is 0 Å². The highest BCUT2D eigenvalue weighted by Gasteiger charge is 2.20. The van der Waals surface area contributed by atoms with Crippen LogP contribution in [-0.4, -0.2) is 25.5 Å². The van der Waals surface area contributed by atoms with Gasteiger partial charge in [-0.15, -0.1) is 0 Å². The van der Waals surface area contributed by atoms with Crippen molar-refractivity contribution in [2.75, 3.05) is 11.9 Å². The fourth-order valence-electron chi connectivity index (χ4n) is 1.27. The summed E-state index contributed by atoms with van der Waals surface area (Å²) in [6.45, 7) is 3.66. The normalized spacial score (nSPS) is 12.0. The Hall–Kier alpha value is -1.84. The maximum absolute atomic E-state index is 11.8. The van der Waals surface area contributed by atoms with E-state index in [1.165, 1.54) is 4.90 Å². The van der Waals surface area contributed by atoms with Gasteiger partial charge in [0.15, 0.2) is 12.4 Å². The summed E-state index contributed by atoms with van der Waals surface area (Å²) < 4.78 is 5.10. The van der Waals surface area contributed by atoms with Crippen LogP contribution in [0.15, 0.2) is 30.3 Å². The Labute approximate surface area is 101 Å². The van der Waals surface area contributed by atoms with E-state index in [1.54, 1.807) is 19.2 Å². The molecule has 1 rings (SSSR count). The van der Waals surface area contributed by atoms with Gasteiger partial charge in [-0.2, -0.15) is 0 Å². The Morgan fingerprint density at radius 3 is 2.35 bits per heavy atom. The largest absolute Gasteiger partial charge is 0.438 e. The van der Waals surface area contributed by atoms with Gasteiger partial charge < -0.3 is 4.74 Å². The Morgan fingerprint density at radius 1 is 1.29 bits per heavy atom. The van der Waals surface area contributed by atoms with Crippen molar-refractivity contribution in [2.45, 2.75) is 20.0 Å². The molecule has 1 amide bonds. The average Bonchev–Trinajstić information content (AvgIpc) is 2.35. The van der Waals surface area contributed by atoms with Gasteiger partial charge in [0, 0.05) is 12.7 Å². The molecule has 1 atom stereocenters. The van der Waals surface area contributed by atoms with E-state index in [1.807, 2.05) is 32.0 Å². The first kappa shape index (κ1) is 13.2. The summed E-state index contributed by atoms with van der Waals surface area (Å²) in [5.41, 5.74) is 0.728. The van der Waals surface area contributed by atoms with Gasteiger partial charge in [-0.1, -0.05) is 32.0 Å². The summed E-state index contributed by atoms with van der Waals surface area (Å²) in [5, 5.41) is 0. The van der Waals surface area contributed by atoms with Crippen LogP contribution < -0.4 is 4.90 Å². The molecule has 0 spiro atoms. The second-order valence-corrected chi connectivity index (χ2v) is 4.12. The molecular weight excluding hydrogens is 218 g/mol. The van der Waals surface area contributed by atoms with Crippen molar-refractivity contribution in [1.82, 2.24) is 0 Å². The average molecular weight is 235 g/mol. The first-order chi connectivity index (χ1) is 8.06. The molecule has 0 aliphatic heterocycles. The van der Waals surface area contributed by atoms with Crippen LogP contribution in [0.5, 0.6) is 0 Å². The van der Waals surface area contributed by atoms with Gasteiger partial charge >= 0.3 is 6.09 Å². The van der Waals surface area contributed by atoms with E-state index in [0.29, 0.717) is 6.29 Å². The lowest BCUT2D eigenvalue weighted by molar-refractivity contribution is -0.116. The molecule has 0 N–H and O–H groups in total. The minimum Gasteiger partial charge on any atom is -0.438 e. The number of hydrogen-bond acceptors (Lipinski definition) is 3. The predicted molar refractivity (Wildman–Crippen MR) is 66.0 cm³/mol. The summed E-state index contributed by atoms with van der Waals surface area (Å²) in [5.74, 6) is -0.0272. The summed E-state index contributed by atoms with van der Waals surface area (Å²) in [4.78, 5) is 23.9. The molecule has 0 fully saturated rings. The van der Waals surface area contributed by atoms with Crippen LogP contribution in [0.3, 0.4) is 0 Å². The summed E-state index contributed by atoms with van der Waals surface area (Å²) in [6, 6.07) is 9.13. The van der Waals surface area contributed by atoms with E-state index in [-0.39, 0.29) is 5.92 Å². The molecule has 0 saturated carbocycles. The number of para-hydroxylation sites is 1. The summed E-state index contributed by atoms with van der Waals surface area (Å²) >= 11 is 0. The van der Waals surface area contributed by atoms with Crippen molar-refractivity contribution in [2.24, 2.45) is 5.92 Å². The number of ether oxygens (including phenoxy) is 1. The number of carbonyl (C=O) groups excluding carboxylic acids is 2. The molecule has 0 bridgehead atoms. The van der Waals surface area contributed by atoms with E-state index in [0.717, 1.165) is 5.69 Å². The smallest absolute Gasteiger partial charge is 0.414 e. The predicted octanol–water partition coefficient (Wildman–Crippen LogP) is 2.48. The quantitative estimate of drug-likeness (QED) is 0.753. The highest BCUT2D eigenvalue weighted by atomic mass is 16.6. The lowest BCUT2D eigenvalue weighted by Gasteiger charge is -2.21. The second-order valence-electron chi connectivity index (χ2n) is 4.12. The van der Waals surface area contributed by atoms with Crippen molar-refractivity contribution in [1.29, 1.82) is 0 Å². The Balaban J connectivity index is 2.68. The third-order valence-electron chi connectivity index (χ3n) is 2.45. The number of aldehydes is 1. The minimum atomic E-state index is -0.700. The first-order valence-electron chi connectivity index (χ1n) is 5.51. The first-order valence-corrected chi connectivity index (χ1v) is 5.51. The molecule has 1 unspecified atom stereocenters. The van der Waals surface area contributed by atoms with Crippen LogP contribution in [-0.2, 0) is 9.53 Å². The summed E-state index contributed by atoms with van der Waals surface area (Å²) in [6.07, 6.45) is -0.572. The molecule has 0 aromatic heterocycles. The molecule has 17 heavy (non-hydrogen) atoms. The van der Waals surface area contributed by atoms with Crippen LogP contribution in [0.2, 0.25) is 0 Å². The summed E-state index contributed by atoms with van der Waals surface area (Å²) in [7, 11) is 1.61. The molecule has 4 nitrogen and oxygen atoms in total. The van der Waals surface area contributed by atoms with Gasteiger partial charge in [-0.25, -0.2) is 4.79 Å². The fraction of sp³-hybridized carbons (Fsp3) is 0.385. The molecule has 1 aromatic carbocycles. The number of amides is 1. The molecule has 92 valence electrons. The van der Waals surface area contributed by atoms with E-state index in [9.17, 15) is 9.59 Å². The number of benzene rings is 1. The van der Waals surface area contributed by atoms with Crippen LogP contribution in [0.25, 0.3) is 0 Å². The van der Waals surface area contributed by atoms with E-state index in [2.05, 4.69) is 0 Å². The zero-order chi connectivity index (χ0) is 12.8. The molecule has 0 aliphatic carbocycles. The number of carbonyl (C=O) groups is 2. The molecule has 0 heterocycles. The fourth-order valence-corrected chi connectivity index (χ4v) is 1.27. The highest BCUT2D eigenvalue weighted by molar-refractivity contribution is 5.87. The number of hydrogen-bond donors (Lipinski definition) is 0. The van der Waals surface area contributed by atoms with Crippen LogP contribution in [0.4, 0.5) is 10.5 Å². The molecule has 0 aliphatic rings. The van der Waals surface area contributed by atoms with Crippen molar-refractivity contribution in [3.05, 3.63) is 30.3 Å². The maximum Gasteiger partial charge on any atom is 0.414 e. The van der Waals surface area contributed by atoms with Crippen molar-refractivity contribution < 1.29 is 14.3 Å². The number of rotatable bonds is 4.